The minimum atomic E-state index is -0.746. The molecule has 0 aliphatic carbocycles. The highest BCUT2D eigenvalue weighted by atomic mass is 16.3. The van der Waals surface area contributed by atoms with E-state index in [0.717, 1.165) is 5.56 Å². The van der Waals surface area contributed by atoms with E-state index >= 15 is 0 Å². The Bertz CT molecular complexity index is 890. The highest BCUT2D eigenvalue weighted by Gasteiger charge is 2.43. The molecule has 1 aromatic heterocycles. The molecule has 0 saturated carbocycles. The van der Waals surface area contributed by atoms with Gasteiger partial charge in [-0.3, -0.25) is 14.6 Å². The summed E-state index contributed by atoms with van der Waals surface area (Å²) < 4.78 is 0. The van der Waals surface area contributed by atoms with Crippen molar-refractivity contribution in [2.45, 2.75) is 32.9 Å². The van der Waals surface area contributed by atoms with Gasteiger partial charge in [0.2, 0.25) is 0 Å². The van der Waals surface area contributed by atoms with E-state index in [2.05, 4.69) is 4.98 Å². The van der Waals surface area contributed by atoms with Gasteiger partial charge in [0.15, 0.2) is 11.5 Å². The predicted molar refractivity (Wildman–Crippen MR) is 99.8 cm³/mol. The number of aliphatic hydroxyl groups excluding tert-OH is 1. The van der Waals surface area contributed by atoms with Crippen molar-refractivity contribution >= 4 is 11.7 Å². The van der Waals surface area contributed by atoms with Gasteiger partial charge in [0.25, 0.3) is 5.91 Å². The molecular weight excluding hydrogens is 344 g/mol. The zero-order chi connectivity index (χ0) is 19.6. The van der Waals surface area contributed by atoms with Crippen LogP contribution in [0.5, 0.6) is 5.75 Å². The molecule has 1 aromatic carbocycles. The largest absolute Gasteiger partial charge is 0.508 e. The Morgan fingerprint density at radius 3 is 2.52 bits per heavy atom. The lowest BCUT2D eigenvalue weighted by Crippen LogP contribution is -2.30. The number of phenols is 1. The third kappa shape index (κ3) is 3.84. The quantitative estimate of drug-likeness (QED) is 0.819. The second kappa shape index (κ2) is 7.61. The summed E-state index contributed by atoms with van der Waals surface area (Å²) in [5.41, 5.74) is 1.50. The van der Waals surface area contributed by atoms with E-state index in [-0.39, 0.29) is 36.0 Å². The smallest absolute Gasteiger partial charge is 0.290 e. The Morgan fingerprint density at radius 2 is 1.89 bits per heavy atom. The zero-order valence-corrected chi connectivity index (χ0v) is 15.3. The van der Waals surface area contributed by atoms with E-state index in [0.29, 0.717) is 5.56 Å². The number of pyridine rings is 1. The van der Waals surface area contributed by atoms with Crippen molar-refractivity contribution in [1.29, 1.82) is 0 Å². The molecule has 2 heterocycles. The van der Waals surface area contributed by atoms with Crippen LogP contribution in [0.3, 0.4) is 0 Å². The Hall–Kier alpha value is -3.15. The molecule has 0 bridgehead atoms. The van der Waals surface area contributed by atoms with Gasteiger partial charge in [0, 0.05) is 25.4 Å². The summed E-state index contributed by atoms with van der Waals surface area (Å²) in [6, 6.07) is 9.23. The number of nitrogens with zero attached hydrogens (tertiary/aromatic N) is 2. The number of aromatic nitrogens is 1. The Labute approximate surface area is 157 Å². The van der Waals surface area contributed by atoms with Crippen LogP contribution >= 0.6 is 0 Å². The summed E-state index contributed by atoms with van der Waals surface area (Å²) in [7, 11) is 0. The van der Waals surface area contributed by atoms with Gasteiger partial charge in [-0.15, -0.1) is 0 Å². The van der Waals surface area contributed by atoms with Crippen LogP contribution in [-0.4, -0.2) is 31.8 Å². The molecule has 1 aliphatic heterocycles. The van der Waals surface area contributed by atoms with Gasteiger partial charge in [-0.2, -0.15) is 0 Å². The normalized spacial score (nSPS) is 17.1. The molecule has 1 unspecified atom stereocenters. The van der Waals surface area contributed by atoms with Crippen molar-refractivity contribution in [2.75, 3.05) is 0 Å². The van der Waals surface area contributed by atoms with Crippen LogP contribution in [-0.2, 0) is 16.1 Å². The third-order valence-electron chi connectivity index (χ3n) is 4.49. The number of carbonyl (C=O) groups is 2. The molecule has 0 radical (unpaired) electrons. The van der Waals surface area contributed by atoms with Gasteiger partial charge in [-0.25, -0.2) is 0 Å². The van der Waals surface area contributed by atoms with Crippen LogP contribution in [0.15, 0.2) is 60.1 Å². The molecule has 0 fully saturated rings. The van der Waals surface area contributed by atoms with Crippen LogP contribution in [0.25, 0.3) is 0 Å². The maximum absolute atomic E-state index is 12.8. The molecule has 0 saturated heterocycles. The van der Waals surface area contributed by atoms with Crippen molar-refractivity contribution in [3.8, 4) is 5.75 Å². The van der Waals surface area contributed by atoms with Crippen molar-refractivity contribution in [2.24, 2.45) is 5.92 Å². The predicted octanol–water partition coefficient (Wildman–Crippen LogP) is 3.30. The molecule has 0 spiro atoms. The first kappa shape index (κ1) is 18.6. The second-order valence-corrected chi connectivity index (χ2v) is 7.07. The van der Waals surface area contributed by atoms with E-state index in [1.54, 1.807) is 36.7 Å². The fraction of sp³-hybridized carbons (Fsp3) is 0.286. The van der Waals surface area contributed by atoms with E-state index in [1.807, 2.05) is 13.8 Å². The van der Waals surface area contributed by atoms with Crippen molar-refractivity contribution < 1.29 is 19.8 Å². The van der Waals surface area contributed by atoms with Gasteiger partial charge in [-0.1, -0.05) is 26.0 Å². The Balaban J connectivity index is 2.05. The lowest BCUT2D eigenvalue weighted by molar-refractivity contribution is -0.130. The van der Waals surface area contributed by atoms with Crippen LogP contribution in [0, 0.1) is 5.92 Å². The second-order valence-electron chi connectivity index (χ2n) is 7.07. The van der Waals surface area contributed by atoms with Crippen LogP contribution in [0.2, 0.25) is 0 Å². The summed E-state index contributed by atoms with van der Waals surface area (Å²) in [5.74, 6) is -1.24. The minimum absolute atomic E-state index is 0.0332. The number of amides is 1. The standard InChI is InChI=1S/C21H22N2O4/c1-13(2)10-17(25)18-19(15-4-3-5-16(24)11-15)23(21(27)20(18)26)12-14-6-8-22-9-7-14/h3-9,11,13,19,24,26H,10,12H2,1-2H3. The van der Waals surface area contributed by atoms with Gasteiger partial charge in [0.05, 0.1) is 11.6 Å². The molecule has 1 atom stereocenters. The lowest BCUT2D eigenvalue weighted by Gasteiger charge is -2.27. The molecule has 6 nitrogen and oxygen atoms in total. The molecular formula is C21H22N2O4. The molecule has 3 rings (SSSR count). The maximum atomic E-state index is 12.8. The van der Waals surface area contributed by atoms with Crippen molar-refractivity contribution in [3.63, 3.8) is 0 Å². The minimum Gasteiger partial charge on any atom is -0.508 e. The first-order valence-corrected chi connectivity index (χ1v) is 8.83. The first-order valence-electron chi connectivity index (χ1n) is 8.83. The maximum Gasteiger partial charge on any atom is 0.290 e. The summed E-state index contributed by atoms with van der Waals surface area (Å²) in [4.78, 5) is 31.0. The molecule has 6 heteroatoms. The van der Waals surface area contributed by atoms with Crippen LogP contribution in [0.4, 0.5) is 0 Å². The van der Waals surface area contributed by atoms with Gasteiger partial charge < -0.3 is 15.1 Å². The molecule has 27 heavy (non-hydrogen) atoms. The average Bonchev–Trinajstić information content (AvgIpc) is 2.87. The number of benzene rings is 1. The van der Waals surface area contributed by atoms with E-state index < -0.39 is 17.7 Å². The van der Waals surface area contributed by atoms with Crippen LogP contribution in [0.1, 0.15) is 37.4 Å². The third-order valence-corrected chi connectivity index (χ3v) is 4.49. The summed E-state index contributed by atoms with van der Waals surface area (Å²) in [6.07, 6.45) is 3.47. The SMILES string of the molecule is CC(C)CC(=O)C1=C(O)C(=O)N(Cc2ccncc2)C1c1cccc(O)c1. The fourth-order valence-corrected chi connectivity index (χ4v) is 3.31. The van der Waals surface area contributed by atoms with Gasteiger partial charge in [-0.05, 0) is 41.3 Å². The van der Waals surface area contributed by atoms with E-state index in [1.165, 1.54) is 17.0 Å². The van der Waals surface area contributed by atoms with Crippen molar-refractivity contribution in [1.82, 2.24) is 9.88 Å². The summed E-state index contributed by atoms with van der Waals surface area (Å²) >= 11 is 0. The van der Waals surface area contributed by atoms with E-state index in [4.69, 9.17) is 0 Å². The lowest BCUT2D eigenvalue weighted by atomic mass is 9.92. The zero-order valence-electron chi connectivity index (χ0n) is 15.3. The number of hydrogen-bond acceptors (Lipinski definition) is 5. The Morgan fingerprint density at radius 1 is 1.19 bits per heavy atom. The van der Waals surface area contributed by atoms with Crippen LogP contribution < -0.4 is 0 Å². The number of phenolic OH excluding ortho intramolecular Hbond substituents is 1. The molecule has 2 N–H and O–H groups in total. The molecule has 2 aromatic rings. The summed E-state index contributed by atoms with van der Waals surface area (Å²) in [5, 5.41) is 20.4. The number of carbonyl (C=O) groups excluding carboxylic acids is 2. The highest BCUT2D eigenvalue weighted by Crippen LogP contribution is 2.40. The highest BCUT2D eigenvalue weighted by molar-refractivity contribution is 6.09. The number of hydrogen-bond donors (Lipinski definition) is 2. The average molecular weight is 366 g/mol. The fourth-order valence-electron chi connectivity index (χ4n) is 3.31. The van der Waals surface area contributed by atoms with Crippen molar-refractivity contribution in [3.05, 3.63) is 71.3 Å². The number of Topliss-reactive ketones (excluding diaryl/α,β-unsaturated/α-hetero) is 1. The topological polar surface area (TPSA) is 90.7 Å². The molecule has 140 valence electrons. The Kier molecular flexibility index (Phi) is 5.26. The number of rotatable bonds is 6. The monoisotopic (exact) mass is 366 g/mol. The van der Waals surface area contributed by atoms with E-state index in [9.17, 15) is 19.8 Å². The number of aliphatic hydroxyl groups is 1. The number of aromatic hydroxyl groups is 1. The first-order chi connectivity index (χ1) is 12.9. The number of ketones is 1. The summed E-state index contributed by atoms with van der Waals surface area (Å²) in [6.45, 7) is 4.03. The molecule has 1 aliphatic rings. The van der Waals surface area contributed by atoms with Gasteiger partial charge in [0.1, 0.15) is 5.75 Å². The molecule has 1 amide bonds. The van der Waals surface area contributed by atoms with Gasteiger partial charge >= 0.3 is 0 Å².